The molecule has 0 fully saturated rings. The molecule has 0 unspecified atom stereocenters. The van der Waals surface area contributed by atoms with E-state index in [1.54, 1.807) is 12.1 Å². The molecular weight excluding hydrogens is 383 g/mol. The van der Waals surface area contributed by atoms with Crippen LogP contribution in [-0.2, 0) is 9.53 Å². The summed E-state index contributed by atoms with van der Waals surface area (Å²) in [7, 11) is 0. The summed E-state index contributed by atoms with van der Waals surface area (Å²) in [5.74, 6) is -1.31. The van der Waals surface area contributed by atoms with Crippen LogP contribution in [0.2, 0.25) is 10.2 Å². The number of benzene rings is 1. The maximum absolute atomic E-state index is 11.9. The quantitative estimate of drug-likeness (QED) is 0.524. The van der Waals surface area contributed by atoms with Gasteiger partial charge in [0.2, 0.25) is 5.89 Å². The summed E-state index contributed by atoms with van der Waals surface area (Å²) < 4.78 is 10.2. The molecule has 1 amide bonds. The molecule has 1 aromatic carbocycles. The second-order valence-electron chi connectivity index (χ2n) is 4.87. The van der Waals surface area contributed by atoms with Crippen molar-refractivity contribution in [3.63, 3.8) is 0 Å². The Labute approximate surface area is 157 Å². The highest BCUT2D eigenvalue weighted by Gasteiger charge is 2.17. The third-order valence-electron chi connectivity index (χ3n) is 3.03. The average Bonchev–Trinajstić information content (AvgIpc) is 3.11. The van der Waals surface area contributed by atoms with Gasteiger partial charge < -0.3 is 9.15 Å². The van der Waals surface area contributed by atoms with Gasteiger partial charge in [-0.3, -0.25) is 10.1 Å². The number of esters is 1. The molecule has 0 aliphatic heterocycles. The fourth-order valence-corrected chi connectivity index (χ4v) is 2.22. The molecule has 0 spiro atoms. The van der Waals surface area contributed by atoms with Gasteiger partial charge in [0.05, 0.1) is 5.02 Å². The van der Waals surface area contributed by atoms with Crippen molar-refractivity contribution in [2.45, 2.75) is 0 Å². The molecule has 2 heterocycles. The van der Waals surface area contributed by atoms with Crippen molar-refractivity contribution in [2.75, 3.05) is 11.9 Å². The fourth-order valence-electron chi connectivity index (χ4n) is 1.89. The van der Waals surface area contributed by atoms with Gasteiger partial charge in [0.15, 0.2) is 12.3 Å². The molecule has 3 aromatic rings. The van der Waals surface area contributed by atoms with Crippen LogP contribution in [0.4, 0.5) is 6.01 Å². The van der Waals surface area contributed by atoms with Gasteiger partial charge in [0.25, 0.3) is 5.91 Å². The number of nitrogens with one attached hydrogen (secondary N) is 1. The molecule has 0 saturated heterocycles. The Morgan fingerprint density at radius 1 is 1.08 bits per heavy atom. The number of carbonyl (C=O) groups excluding carboxylic acids is 2. The Hall–Kier alpha value is -2.97. The second-order valence-corrected chi connectivity index (χ2v) is 5.66. The number of amides is 1. The van der Waals surface area contributed by atoms with Crippen LogP contribution in [0.25, 0.3) is 11.5 Å². The van der Waals surface area contributed by atoms with Crippen molar-refractivity contribution in [2.24, 2.45) is 0 Å². The van der Waals surface area contributed by atoms with E-state index in [9.17, 15) is 9.59 Å². The van der Waals surface area contributed by atoms with Crippen molar-refractivity contribution in [1.29, 1.82) is 0 Å². The van der Waals surface area contributed by atoms with E-state index < -0.39 is 18.5 Å². The summed E-state index contributed by atoms with van der Waals surface area (Å²) in [4.78, 5) is 27.5. The zero-order valence-electron chi connectivity index (χ0n) is 13.0. The first-order chi connectivity index (χ1) is 12.5. The minimum absolute atomic E-state index is 0.0595. The number of hydrogen-bond acceptors (Lipinski definition) is 7. The predicted molar refractivity (Wildman–Crippen MR) is 92.9 cm³/mol. The van der Waals surface area contributed by atoms with Crippen molar-refractivity contribution in [3.05, 3.63) is 58.3 Å². The van der Waals surface area contributed by atoms with Gasteiger partial charge in [-0.05, 0) is 24.3 Å². The number of aromatic nitrogens is 3. The lowest BCUT2D eigenvalue weighted by Gasteiger charge is -2.05. The molecule has 0 aliphatic carbocycles. The summed E-state index contributed by atoms with van der Waals surface area (Å²) in [6.07, 6.45) is 0. The summed E-state index contributed by atoms with van der Waals surface area (Å²) >= 11 is 11.5. The summed E-state index contributed by atoms with van der Waals surface area (Å²) in [5.41, 5.74) is 0.518. The molecule has 0 radical (unpaired) electrons. The number of pyridine rings is 1. The van der Waals surface area contributed by atoms with Crippen molar-refractivity contribution in [1.82, 2.24) is 15.2 Å². The molecule has 0 atom stereocenters. The predicted octanol–water partition coefficient (Wildman–Crippen LogP) is 3.23. The first kappa shape index (κ1) is 17.8. The second kappa shape index (κ2) is 7.94. The van der Waals surface area contributed by atoms with Crippen LogP contribution >= 0.6 is 23.2 Å². The van der Waals surface area contributed by atoms with Crippen molar-refractivity contribution < 1.29 is 18.7 Å². The van der Waals surface area contributed by atoms with E-state index in [2.05, 4.69) is 20.5 Å². The Morgan fingerprint density at radius 3 is 2.62 bits per heavy atom. The van der Waals surface area contributed by atoms with Gasteiger partial charge in [-0.2, -0.15) is 0 Å². The Balaban J connectivity index is 1.57. The van der Waals surface area contributed by atoms with Gasteiger partial charge in [-0.1, -0.05) is 46.5 Å². The van der Waals surface area contributed by atoms with E-state index in [0.29, 0.717) is 5.56 Å². The van der Waals surface area contributed by atoms with Crippen LogP contribution in [0.1, 0.15) is 10.5 Å². The number of rotatable bonds is 5. The Bertz CT molecular complexity index is 946. The smallest absolute Gasteiger partial charge is 0.359 e. The molecule has 2 aromatic heterocycles. The number of carbonyl (C=O) groups is 2. The first-order valence-corrected chi connectivity index (χ1v) is 7.96. The highest BCUT2D eigenvalue weighted by Crippen LogP contribution is 2.19. The molecule has 1 N–H and O–H groups in total. The lowest BCUT2D eigenvalue weighted by atomic mass is 10.2. The average molecular weight is 393 g/mol. The van der Waals surface area contributed by atoms with Crippen LogP contribution in [-0.4, -0.2) is 33.7 Å². The van der Waals surface area contributed by atoms with E-state index in [4.69, 9.17) is 32.4 Å². The summed E-state index contributed by atoms with van der Waals surface area (Å²) in [6, 6.07) is 11.7. The van der Waals surface area contributed by atoms with Crippen LogP contribution in [0.15, 0.2) is 46.9 Å². The summed E-state index contributed by atoms with van der Waals surface area (Å²) in [6.45, 7) is -0.591. The maximum atomic E-state index is 11.9. The van der Waals surface area contributed by atoms with E-state index >= 15 is 0 Å². The minimum atomic E-state index is -0.886. The highest BCUT2D eigenvalue weighted by molar-refractivity contribution is 6.34. The monoisotopic (exact) mass is 392 g/mol. The van der Waals surface area contributed by atoms with E-state index in [-0.39, 0.29) is 27.8 Å². The molecule has 8 nitrogen and oxygen atoms in total. The van der Waals surface area contributed by atoms with Crippen LogP contribution in [0, 0.1) is 0 Å². The Morgan fingerprint density at radius 2 is 1.85 bits per heavy atom. The fraction of sp³-hybridized carbons (Fsp3) is 0.0625. The number of halogens is 2. The normalized spacial score (nSPS) is 10.4. The highest BCUT2D eigenvalue weighted by atomic mass is 35.5. The molecule has 3 rings (SSSR count). The van der Waals surface area contributed by atoms with Gasteiger partial charge >= 0.3 is 12.0 Å². The summed E-state index contributed by atoms with van der Waals surface area (Å²) in [5, 5.41) is 9.99. The largest absolute Gasteiger partial charge is 0.451 e. The standard InChI is InChI=1S/C16H10Cl2N4O4/c17-10-6-7-11(18)19-13(10)15(24)25-8-12(23)20-16-22-21-14(26-16)9-4-2-1-3-5-9/h1-7H,8H2,(H,20,22,23). The molecule has 132 valence electrons. The Kier molecular flexibility index (Phi) is 5.45. The molecule has 0 saturated carbocycles. The van der Waals surface area contributed by atoms with Gasteiger partial charge in [-0.15, -0.1) is 5.10 Å². The van der Waals surface area contributed by atoms with Gasteiger partial charge in [0, 0.05) is 5.56 Å². The van der Waals surface area contributed by atoms with Gasteiger partial charge in [0.1, 0.15) is 5.15 Å². The third-order valence-corrected chi connectivity index (χ3v) is 3.55. The van der Waals surface area contributed by atoms with Crippen LogP contribution in [0.5, 0.6) is 0 Å². The minimum Gasteiger partial charge on any atom is -0.451 e. The van der Waals surface area contributed by atoms with Crippen molar-refractivity contribution >= 4 is 41.1 Å². The molecule has 0 aliphatic rings. The number of hydrogen-bond donors (Lipinski definition) is 1. The van der Waals surface area contributed by atoms with E-state index in [0.717, 1.165) is 0 Å². The SMILES string of the molecule is O=C(COC(=O)c1nc(Cl)ccc1Cl)Nc1nnc(-c2ccccc2)o1. The molecule has 10 heteroatoms. The van der Waals surface area contributed by atoms with E-state index in [1.807, 2.05) is 18.2 Å². The third kappa shape index (κ3) is 4.35. The maximum Gasteiger partial charge on any atom is 0.359 e. The van der Waals surface area contributed by atoms with Crippen LogP contribution < -0.4 is 5.32 Å². The topological polar surface area (TPSA) is 107 Å². The number of anilines is 1. The van der Waals surface area contributed by atoms with Crippen LogP contribution in [0.3, 0.4) is 0 Å². The van der Waals surface area contributed by atoms with Crippen molar-refractivity contribution in [3.8, 4) is 11.5 Å². The lowest BCUT2D eigenvalue weighted by Crippen LogP contribution is -2.21. The first-order valence-electron chi connectivity index (χ1n) is 7.21. The molecule has 26 heavy (non-hydrogen) atoms. The number of ether oxygens (including phenoxy) is 1. The zero-order valence-corrected chi connectivity index (χ0v) is 14.5. The number of nitrogens with zero attached hydrogens (tertiary/aromatic N) is 3. The van der Waals surface area contributed by atoms with Gasteiger partial charge in [-0.25, -0.2) is 9.78 Å². The molecule has 0 bridgehead atoms. The van der Waals surface area contributed by atoms with E-state index in [1.165, 1.54) is 12.1 Å². The molecular formula is C16H10Cl2N4O4. The lowest BCUT2D eigenvalue weighted by molar-refractivity contribution is -0.119. The zero-order chi connectivity index (χ0) is 18.5.